The molecule has 0 atom stereocenters. The molecule has 1 aliphatic heterocycles. The minimum absolute atomic E-state index is 0.111. The Morgan fingerprint density at radius 2 is 1.81 bits per heavy atom. The summed E-state index contributed by atoms with van der Waals surface area (Å²) < 4.78 is 5.29. The van der Waals surface area contributed by atoms with Gasteiger partial charge in [-0.15, -0.1) is 0 Å². The summed E-state index contributed by atoms with van der Waals surface area (Å²) in [5.41, 5.74) is 0. The maximum atomic E-state index is 11.6. The van der Waals surface area contributed by atoms with Gasteiger partial charge in [0.2, 0.25) is 5.91 Å². The molecule has 1 rings (SSSR count). The maximum Gasteiger partial charge on any atom is 0.224 e. The van der Waals surface area contributed by atoms with Crippen LogP contribution in [0.3, 0.4) is 0 Å². The number of nitrogens with zero attached hydrogens (tertiary/aromatic N) is 1. The first-order chi connectivity index (χ1) is 7.61. The molecule has 1 fully saturated rings. The molecule has 1 heterocycles. The van der Waals surface area contributed by atoms with Crippen LogP contribution >= 0.6 is 0 Å². The molecule has 0 spiro atoms. The van der Waals surface area contributed by atoms with Crippen molar-refractivity contribution < 1.29 is 9.53 Å². The first kappa shape index (κ1) is 15.4. The van der Waals surface area contributed by atoms with E-state index in [1.807, 2.05) is 39.6 Å². The number of rotatable bonds is 3. The lowest BCUT2D eigenvalue weighted by molar-refractivity contribution is -0.134. The zero-order valence-electron chi connectivity index (χ0n) is 11.5. The van der Waals surface area contributed by atoms with Crippen LogP contribution in [0.25, 0.3) is 0 Å². The van der Waals surface area contributed by atoms with Gasteiger partial charge in [0.1, 0.15) is 0 Å². The summed E-state index contributed by atoms with van der Waals surface area (Å²) in [7, 11) is 1.90. The Morgan fingerprint density at radius 3 is 2.25 bits per heavy atom. The fourth-order valence-electron chi connectivity index (χ4n) is 1.85. The number of hydrogen-bond acceptors (Lipinski definition) is 2. The third kappa shape index (κ3) is 5.50. The van der Waals surface area contributed by atoms with Crippen LogP contribution in [0.4, 0.5) is 0 Å². The summed E-state index contributed by atoms with van der Waals surface area (Å²) >= 11 is 0. The molecule has 0 saturated carbocycles. The molecular formula is C13H27NO2. The average Bonchev–Trinajstić information content (AvgIpc) is 2.31. The predicted molar refractivity (Wildman–Crippen MR) is 67.4 cm³/mol. The molecule has 0 aromatic rings. The molecule has 0 aromatic heterocycles. The lowest BCUT2D eigenvalue weighted by Gasteiger charge is -2.28. The monoisotopic (exact) mass is 229 g/mol. The topological polar surface area (TPSA) is 29.5 Å². The minimum atomic E-state index is 0.111. The minimum Gasteiger partial charge on any atom is -0.381 e. The van der Waals surface area contributed by atoms with Crippen molar-refractivity contribution in [1.29, 1.82) is 0 Å². The zero-order chi connectivity index (χ0) is 12.6. The molecule has 0 unspecified atom stereocenters. The van der Waals surface area contributed by atoms with Crippen molar-refractivity contribution in [2.75, 3.05) is 26.8 Å². The van der Waals surface area contributed by atoms with Gasteiger partial charge in [-0.3, -0.25) is 4.79 Å². The van der Waals surface area contributed by atoms with Crippen LogP contribution < -0.4 is 0 Å². The van der Waals surface area contributed by atoms with Gasteiger partial charge in [-0.05, 0) is 18.8 Å². The van der Waals surface area contributed by atoms with Gasteiger partial charge in [-0.2, -0.15) is 0 Å². The van der Waals surface area contributed by atoms with Crippen LogP contribution in [0.1, 0.15) is 40.5 Å². The average molecular weight is 229 g/mol. The van der Waals surface area contributed by atoms with E-state index in [0.717, 1.165) is 32.6 Å². The Kier molecular flexibility index (Phi) is 8.26. The van der Waals surface area contributed by atoms with Crippen molar-refractivity contribution in [2.24, 2.45) is 11.8 Å². The van der Waals surface area contributed by atoms with E-state index in [0.29, 0.717) is 5.92 Å². The summed E-state index contributed by atoms with van der Waals surface area (Å²) in [6, 6.07) is 0. The second kappa shape index (κ2) is 8.57. The highest BCUT2D eigenvalue weighted by Gasteiger charge is 2.19. The third-order valence-electron chi connectivity index (χ3n) is 2.74. The third-order valence-corrected chi connectivity index (χ3v) is 2.74. The van der Waals surface area contributed by atoms with Gasteiger partial charge in [0.25, 0.3) is 0 Å². The quantitative estimate of drug-likeness (QED) is 0.744. The highest BCUT2D eigenvalue weighted by atomic mass is 16.5. The van der Waals surface area contributed by atoms with Crippen LogP contribution in [0.15, 0.2) is 0 Å². The van der Waals surface area contributed by atoms with Gasteiger partial charge >= 0.3 is 0 Å². The standard InChI is InChI=1S/C11H21NO2.C2H6/c1-9(2)11(13)12(3)8-10-4-6-14-7-5-10;1-2/h9-10H,4-8H2,1-3H3;1-2H3. The number of carbonyl (C=O) groups excluding carboxylic acids is 1. The Bertz CT molecular complexity index is 186. The molecule has 0 radical (unpaired) electrons. The molecule has 3 nitrogen and oxygen atoms in total. The van der Waals surface area contributed by atoms with E-state index in [1.165, 1.54) is 0 Å². The highest BCUT2D eigenvalue weighted by Crippen LogP contribution is 2.16. The van der Waals surface area contributed by atoms with E-state index in [-0.39, 0.29) is 11.8 Å². The fourth-order valence-corrected chi connectivity index (χ4v) is 1.85. The lowest BCUT2D eigenvalue weighted by atomic mass is 9.99. The van der Waals surface area contributed by atoms with Gasteiger partial charge in [0.05, 0.1) is 0 Å². The summed E-state index contributed by atoms with van der Waals surface area (Å²) in [5.74, 6) is 0.993. The molecule has 1 amide bonds. The van der Waals surface area contributed by atoms with Crippen LogP contribution in [0, 0.1) is 11.8 Å². The van der Waals surface area contributed by atoms with E-state index in [9.17, 15) is 4.79 Å². The molecule has 0 bridgehead atoms. The predicted octanol–water partition coefficient (Wildman–Crippen LogP) is 2.55. The molecule has 1 saturated heterocycles. The SMILES string of the molecule is CC.CC(C)C(=O)N(C)CC1CCOCC1. The molecule has 0 aliphatic carbocycles. The normalized spacial score (nSPS) is 16.6. The van der Waals surface area contributed by atoms with Crippen molar-refractivity contribution in [2.45, 2.75) is 40.5 Å². The van der Waals surface area contributed by atoms with Gasteiger partial charge in [-0.25, -0.2) is 0 Å². The molecular weight excluding hydrogens is 202 g/mol. The van der Waals surface area contributed by atoms with Crippen LogP contribution in [-0.2, 0) is 9.53 Å². The van der Waals surface area contributed by atoms with Crippen molar-refractivity contribution in [3.05, 3.63) is 0 Å². The second-order valence-corrected chi connectivity index (χ2v) is 4.43. The van der Waals surface area contributed by atoms with Gasteiger partial charge < -0.3 is 9.64 Å². The van der Waals surface area contributed by atoms with Crippen molar-refractivity contribution >= 4 is 5.91 Å². The summed E-state index contributed by atoms with van der Waals surface area (Å²) in [6.07, 6.45) is 2.19. The largest absolute Gasteiger partial charge is 0.381 e. The van der Waals surface area contributed by atoms with Crippen LogP contribution in [0.2, 0.25) is 0 Å². The molecule has 0 N–H and O–H groups in total. The number of ether oxygens (including phenoxy) is 1. The first-order valence-electron chi connectivity index (χ1n) is 6.44. The smallest absolute Gasteiger partial charge is 0.224 e. The lowest BCUT2D eigenvalue weighted by Crippen LogP contribution is -2.36. The summed E-state index contributed by atoms with van der Waals surface area (Å²) in [5, 5.41) is 0. The summed E-state index contributed by atoms with van der Waals surface area (Å²) in [6.45, 7) is 10.5. The van der Waals surface area contributed by atoms with Gasteiger partial charge in [-0.1, -0.05) is 27.7 Å². The Labute approximate surface area is 100 Å². The maximum absolute atomic E-state index is 11.6. The number of carbonyl (C=O) groups is 1. The number of hydrogen-bond donors (Lipinski definition) is 0. The molecule has 3 heteroatoms. The number of amides is 1. The Hall–Kier alpha value is -0.570. The van der Waals surface area contributed by atoms with Crippen molar-refractivity contribution in [1.82, 2.24) is 4.90 Å². The Balaban J connectivity index is 0.00000106. The second-order valence-electron chi connectivity index (χ2n) is 4.43. The van der Waals surface area contributed by atoms with Crippen LogP contribution in [-0.4, -0.2) is 37.6 Å². The van der Waals surface area contributed by atoms with Crippen molar-refractivity contribution in [3.8, 4) is 0 Å². The zero-order valence-corrected chi connectivity index (χ0v) is 11.5. The van der Waals surface area contributed by atoms with Crippen molar-refractivity contribution in [3.63, 3.8) is 0 Å². The van der Waals surface area contributed by atoms with Gasteiger partial charge in [0.15, 0.2) is 0 Å². The first-order valence-corrected chi connectivity index (χ1v) is 6.44. The Morgan fingerprint density at radius 1 is 1.31 bits per heavy atom. The van der Waals surface area contributed by atoms with E-state index < -0.39 is 0 Å². The molecule has 1 aliphatic rings. The molecule has 0 aromatic carbocycles. The van der Waals surface area contributed by atoms with Gasteiger partial charge in [0, 0.05) is 32.7 Å². The van der Waals surface area contributed by atoms with Crippen LogP contribution in [0.5, 0.6) is 0 Å². The van der Waals surface area contributed by atoms with E-state index in [2.05, 4.69) is 0 Å². The molecule has 96 valence electrons. The summed E-state index contributed by atoms with van der Waals surface area (Å²) in [4.78, 5) is 13.5. The molecule has 16 heavy (non-hydrogen) atoms. The highest BCUT2D eigenvalue weighted by molar-refractivity contribution is 5.77. The van der Waals surface area contributed by atoms with E-state index in [4.69, 9.17) is 4.74 Å². The van der Waals surface area contributed by atoms with E-state index >= 15 is 0 Å². The van der Waals surface area contributed by atoms with E-state index in [1.54, 1.807) is 0 Å². The fraction of sp³-hybridized carbons (Fsp3) is 0.923.